The lowest BCUT2D eigenvalue weighted by atomic mass is 9.95. The average molecular weight is 306 g/mol. The van der Waals surface area contributed by atoms with Gasteiger partial charge in [0.05, 0.1) is 18.2 Å². The Balaban J connectivity index is 2.33. The highest BCUT2D eigenvalue weighted by Crippen LogP contribution is 2.29. The lowest BCUT2D eigenvalue weighted by Crippen LogP contribution is -2.45. The van der Waals surface area contributed by atoms with Crippen molar-refractivity contribution in [3.8, 4) is 0 Å². The van der Waals surface area contributed by atoms with Gasteiger partial charge in [0.2, 0.25) is 0 Å². The van der Waals surface area contributed by atoms with Crippen molar-refractivity contribution in [2.75, 3.05) is 6.61 Å². The Kier molecular flexibility index (Phi) is 5.14. The van der Waals surface area contributed by atoms with E-state index in [0.29, 0.717) is 12.3 Å². The minimum absolute atomic E-state index is 0.223. The van der Waals surface area contributed by atoms with E-state index < -0.39 is 23.9 Å². The van der Waals surface area contributed by atoms with Gasteiger partial charge in [0.1, 0.15) is 5.82 Å². The van der Waals surface area contributed by atoms with Gasteiger partial charge in [-0.25, -0.2) is 14.0 Å². The fourth-order valence-corrected chi connectivity index (χ4v) is 2.29. The van der Waals surface area contributed by atoms with Crippen LogP contribution in [0.3, 0.4) is 0 Å². The molecule has 0 radical (unpaired) electrons. The molecule has 0 saturated carbocycles. The smallest absolute Gasteiger partial charge is 0.338 e. The number of halogens is 1. The highest BCUT2D eigenvalue weighted by atomic mass is 19.1. The Morgan fingerprint density at radius 1 is 1.36 bits per heavy atom. The van der Waals surface area contributed by atoms with Crippen LogP contribution in [0.15, 0.2) is 35.5 Å². The van der Waals surface area contributed by atoms with Gasteiger partial charge in [0.15, 0.2) is 0 Å². The van der Waals surface area contributed by atoms with Crippen molar-refractivity contribution in [3.05, 3.63) is 46.9 Å². The third kappa shape index (κ3) is 3.44. The van der Waals surface area contributed by atoms with Crippen LogP contribution in [0.1, 0.15) is 38.3 Å². The van der Waals surface area contributed by atoms with Crippen LogP contribution in [0.25, 0.3) is 0 Å². The van der Waals surface area contributed by atoms with Crippen LogP contribution in [0.5, 0.6) is 0 Å². The van der Waals surface area contributed by atoms with Crippen molar-refractivity contribution in [3.63, 3.8) is 0 Å². The number of urea groups is 1. The molecule has 1 atom stereocenters. The predicted octanol–water partition coefficient (Wildman–Crippen LogP) is 2.80. The summed E-state index contributed by atoms with van der Waals surface area (Å²) in [5.41, 5.74) is 0.832. The summed E-state index contributed by atoms with van der Waals surface area (Å²) in [6, 6.07) is 4.70. The monoisotopic (exact) mass is 306 g/mol. The van der Waals surface area contributed by atoms with E-state index in [1.165, 1.54) is 12.1 Å². The second kappa shape index (κ2) is 7.06. The summed E-state index contributed by atoms with van der Waals surface area (Å²) in [7, 11) is 0. The van der Waals surface area contributed by atoms with E-state index >= 15 is 0 Å². The Morgan fingerprint density at radius 3 is 2.77 bits per heavy atom. The molecule has 5 nitrogen and oxygen atoms in total. The maximum Gasteiger partial charge on any atom is 0.338 e. The molecular weight excluding hydrogens is 287 g/mol. The Bertz CT molecular complexity index is 613. The van der Waals surface area contributed by atoms with Gasteiger partial charge in [-0.3, -0.25) is 0 Å². The van der Waals surface area contributed by atoms with Gasteiger partial charge < -0.3 is 15.4 Å². The van der Waals surface area contributed by atoms with Crippen LogP contribution in [0.4, 0.5) is 9.18 Å². The normalized spacial score (nSPS) is 17.8. The molecule has 2 rings (SSSR count). The van der Waals surface area contributed by atoms with Crippen LogP contribution < -0.4 is 10.6 Å². The van der Waals surface area contributed by atoms with Gasteiger partial charge in [0.25, 0.3) is 0 Å². The van der Waals surface area contributed by atoms with E-state index in [9.17, 15) is 14.0 Å². The molecule has 0 aromatic heterocycles. The van der Waals surface area contributed by atoms with Crippen molar-refractivity contribution in [1.29, 1.82) is 0 Å². The Labute approximate surface area is 128 Å². The second-order valence-electron chi connectivity index (χ2n) is 5.08. The number of hydrogen-bond donors (Lipinski definition) is 2. The molecule has 1 aromatic carbocycles. The summed E-state index contributed by atoms with van der Waals surface area (Å²) in [5, 5.41) is 5.10. The molecule has 1 heterocycles. The number of nitrogens with one attached hydrogen (secondary N) is 2. The first-order valence-electron chi connectivity index (χ1n) is 7.24. The summed E-state index contributed by atoms with van der Waals surface area (Å²) in [6.45, 7) is 3.88. The van der Waals surface area contributed by atoms with Crippen LogP contribution >= 0.6 is 0 Å². The zero-order valence-electron chi connectivity index (χ0n) is 12.6. The second-order valence-corrected chi connectivity index (χ2v) is 5.08. The predicted molar refractivity (Wildman–Crippen MR) is 79.4 cm³/mol. The number of unbranched alkanes of at least 4 members (excludes halogenated alkanes) is 1. The van der Waals surface area contributed by atoms with E-state index in [0.717, 1.165) is 12.8 Å². The molecule has 0 saturated heterocycles. The summed E-state index contributed by atoms with van der Waals surface area (Å²) in [4.78, 5) is 24.0. The van der Waals surface area contributed by atoms with E-state index in [-0.39, 0.29) is 11.1 Å². The van der Waals surface area contributed by atoms with Gasteiger partial charge in [0, 0.05) is 11.3 Å². The number of esters is 1. The highest BCUT2D eigenvalue weighted by molar-refractivity contribution is 5.95. The summed E-state index contributed by atoms with van der Waals surface area (Å²) in [5.74, 6) is -1.03. The summed E-state index contributed by atoms with van der Waals surface area (Å²) >= 11 is 0. The lowest BCUT2D eigenvalue weighted by molar-refractivity contribution is -0.139. The van der Waals surface area contributed by atoms with Gasteiger partial charge in [-0.1, -0.05) is 31.5 Å². The molecular formula is C16H19FN2O3. The van der Waals surface area contributed by atoms with Gasteiger partial charge in [-0.05, 0) is 19.4 Å². The molecule has 1 aliphatic rings. The van der Waals surface area contributed by atoms with Crippen molar-refractivity contribution >= 4 is 12.0 Å². The lowest BCUT2D eigenvalue weighted by Gasteiger charge is -2.28. The third-order valence-electron chi connectivity index (χ3n) is 3.44. The highest BCUT2D eigenvalue weighted by Gasteiger charge is 2.33. The number of rotatable bonds is 5. The number of carbonyl (C=O) groups excluding carboxylic acids is 2. The van der Waals surface area contributed by atoms with E-state index in [2.05, 4.69) is 10.6 Å². The standard InChI is InChI=1S/C16H19FN2O3/c1-3-4-9-22-15(20)13-10(2)18-16(21)19-14(13)11-7-5-6-8-12(11)17/h5-8,14H,3-4,9H2,1-2H3,(H2,18,19,21). The van der Waals surface area contributed by atoms with Crippen LogP contribution in [0, 0.1) is 5.82 Å². The minimum Gasteiger partial charge on any atom is -0.462 e. The van der Waals surface area contributed by atoms with Crippen molar-refractivity contribution in [2.45, 2.75) is 32.7 Å². The number of allylic oxidation sites excluding steroid dienone is 1. The molecule has 1 aromatic rings. The van der Waals surface area contributed by atoms with Crippen molar-refractivity contribution in [2.24, 2.45) is 0 Å². The molecule has 118 valence electrons. The van der Waals surface area contributed by atoms with E-state index in [4.69, 9.17) is 4.74 Å². The largest absolute Gasteiger partial charge is 0.462 e. The minimum atomic E-state index is -0.857. The molecule has 2 amide bonds. The molecule has 22 heavy (non-hydrogen) atoms. The molecule has 0 bridgehead atoms. The Morgan fingerprint density at radius 2 is 2.09 bits per heavy atom. The fraction of sp³-hybridized carbons (Fsp3) is 0.375. The zero-order valence-corrected chi connectivity index (χ0v) is 12.6. The molecule has 2 N–H and O–H groups in total. The molecule has 0 spiro atoms. The summed E-state index contributed by atoms with van der Waals surface area (Å²) in [6.07, 6.45) is 1.65. The fourth-order valence-electron chi connectivity index (χ4n) is 2.29. The SMILES string of the molecule is CCCCOC(=O)C1=C(C)NC(=O)NC1c1ccccc1F. The first kappa shape index (κ1) is 16.0. The Hall–Kier alpha value is -2.37. The van der Waals surface area contributed by atoms with Gasteiger partial charge in [-0.15, -0.1) is 0 Å². The van der Waals surface area contributed by atoms with E-state index in [1.807, 2.05) is 6.92 Å². The molecule has 0 fully saturated rings. The number of ether oxygens (including phenoxy) is 1. The maximum atomic E-state index is 14.0. The van der Waals surface area contributed by atoms with E-state index in [1.54, 1.807) is 19.1 Å². The third-order valence-corrected chi connectivity index (χ3v) is 3.44. The van der Waals surface area contributed by atoms with Crippen LogP contribution in [-0.4, -0.2) is 18.6 Å². The maximum absolute atomic E-state index is 14.0. The number of hydrogen-bond acceptors (Lipinski definition) is 3. The number of benzene rings is 1. The molecule has 1 aliphatic heterocycles. The van der Waals surface area contributed by atoms with Crippen molar-refractivity contribution in [1.82, 2.24) is 10.6 Å². The number of amides is 2. The molecule has 1 unspecified atom stereocenters. The zero-order chi connectivity index (χ0) is 16.1. The molecule has 6 heteroatoms. The first-order valence-corrected chi connectivity index (χ1v) is 7.24. The van der Waals surface area contributed by atoms with Crippen LogP contribution in [-0.2, 0) is 9.53 Å². The number of carbonyl (C=O) groups is 2. The first-order chi connectivity index (χ1) is 10.5. The quantitative estimate of drug-likeness (QED) is 0.649. The van der Waals surface area contributed by atoms with Crippen molar-refractivity contribution < 1.29 is 18.7 Å². The van der Waals surface area contributed by atoms with Gasteiger partial charge in [-0.2, -0.15) is 0 Å². The van der Waals surface area contributed by atoms with Gasteiger partial charge >= 0.3 is 12.0 Å². The topological polar surface area (TPSA) is 67.4 Å². The summed E-state index contributed by atoms with van der Waals surface area (Å²) < 4.78 is 19.2. The molecule has 0 aliphatic carbocycles. The van der Waals surface area contributed by atoms with Crippen LogP contribution in [0.2, 0.25) is 0 Å². The average Bonchev–Trinajstić information content (AvgIpc) is 2.47.